The zero-order valence-corrected chi connectivity index (χ0v) is 10.2. The van der Waals surface area contributed by atoms with Crippen LogP contribution in [0.15, 0.2) is 18.2 Å². The lowest BCUT2D eigenvalue weighted by Gasteiger charge is -2.14. The van der Waals surface area contributed by atoms with E-state index in [2.05, 4.69) is 4.74 Å². The van der Waals surface area contributed by atoms with E-state index in [9.17, 15) is 18.0 Å². The second kappa shape index (κ2) is 6.42. The van der Waals surface area contributed by atoms with Crippen molar-refractivity contribution >= 4 is 5.97 Å². The molecule has 0 spiro atoms. The molecule has 0 saturated carbocycles. The topological polar surface area (TPSA) is 55.8 Å². The molecule has 0 unspecified atom stereocenters. The Kier molecular flexibility index (Phi) is 5.17. The number of alkyl halides is 3. The quantitative estimate of drug-likeness (QED) is 0.838. The van der Waals surface area contributed by atoms with E-state index in [1.54, 1.807) is 0 Å². The number of carbonyl (C=O) groups is 1. The molecule has 0 saturated heterocycles. The molecule has 0 amide bonds. The second-order valence-electron chi connectivity index (χ2n) is 3.66. The van der Waals surface area contributed by atoms with Crippen LogP contribution in [0, 0.1) is 0 Å². The first-order chi connectivity index (χ1) is 8.88. The average Bonchev–Trinajstić information content (AvgIpc) is 2.37. The maximum Gasteiger partial charge on any atom is 0.419 e. The Morgan fingerprint density at radius 2 is 2.05 bits per heavy atom. The molecular formula is C12H13F3O4. The number of hydrogen-bond acceptors (Lipinski definition) is 4. The largest absolute Gasteiger partial charge is 0.492 e. The van der Waals surface area contributed by atoms with Crippen molar-refractivity contribution in [2.24, 2.45) is 0 Å². The van der Waals surface area contributed by atoms with Gasteiger partial charge in [-0.05, 0) is 17.7 Å². The number of esters is 1. The van der Waals surface area contributed by atoms with Crippen LogP contribution in [0.2, 0.25) is 0 Å². The minimum atomic E-state index is -4.59. The third-order valence-electron chi connectivity index (χ3n) is 2.32. The maximum atomic E-state index is 12.8. The van der Waals surface area contributed by atoms with Crippen molar-refractivity contribution < 1.29 is 32.5 Å². The normalized spacial score (nSPS) is 11.2. The van der Waals surface area contributed by atoms with Gasteiger partial charge in [-0.3, -0.25) is 4.79 Å². The van der Waals surface area contributed by atoms with Crippen molar-refractivity contribution in [1.82, 2.24) is 0 Å². The van der Waals surface area contributed by atoms with Crippen LogP contribution in [0.5, 0.6) is 5.75 Å². The molecule has 19 heavy (non-hydrogen) atoms. The predicted molar refractivity (Wildman–Crippen MR) is 59.5 cm³/mol. The molecule has 0 atom stereocenters. The fraction of sp³-hybridized carbons (Fsp3) is 0.417. The number of aliphatic hydroxyl groups is 1. The van der Waals surface area contributed by atoms with E-state index in [-0.39, 0.29) is 24.3 Å². The van der Waals surface area contributed by atoms with Gasteiger partial charge in [-0.2, -0.15) is 13.2 Å². The summed E-state index contributed by atoms with van der Waals surface area (Å²) in [6.07, 6.45) is -4.73. The lowest BCUT2D eigenvalue weighted by molar-refractivity contribution is -0.141. The van der Waals surface area contributed by atoms with Gasteiger partial charge in [0.1, 0.15) is 5.75 Å². The van der Waals surface area contributed by atoms with E-state index < -0.39 is 24.3 Å². The maximum absolute atomic E-state index is 12.8. The molecule has 4 nitrogen and oxygen atoms in total. The van der Waals surface area contributed by atoms with E-state index in [4.69, 9.17) is 9.84 Å². The molecule has 7 heteroatoms. The minimum absolute atomic E-state index is 0.132. The summed E-state index contributed by atoms with van der Waals surface area (Å²) >= 11 is 0. The monoisotopic (exact) mass is 278 g/mol. The smallest absolute Gasteiger partial charge is 0.419 e. The van der Waals surface area contributed by atoms with Gasteiger partial charge in [0.05, 0.1) is 32.3 Å². The van der Waals surface area contributed by atoms with Gasteiger partial charge >= 0.3 is 12.1 Å². The highest BCUT2D eigenvalue weighted by Crippen LogP contribution is 2.36. The summed E-state index contributed by atoms with van der Waals surface area (Å²) in [5, 5.41) is 8.83. The Labute approximate surface area is 107 Å². The molecule has 0 heterocycles. The summed E-state index contributed by atoms with van der Waals surface area (Å²) in [5.41, 5.74) is -0.850. The van der Waals surface area contributed by atoms with Crippen LogP contribution in [0.3, 0.4) is 0 Å². The second-order valence-corrected chi connectivity index (χ2v) is 3.66. The Balaban J connectivity index is 2.85. The van der Waals surface area contributed by atoms with Crippen LogP contribution in [0.4, 0.5) is 13.2 Å². The molecule has 1 aromatic rings. The van der Waals surface area contributed by atoms with Gasteiger partial charge in [-0.15, -0.1) is 0 Å². The Bertz CT molecular complexity index is 443. The molecule has 0 bridgehead atoms. The molecule has 1 rings (SSSR count). The van der Waals surface area contributed by atoms with Gasteiger partial charge in [0.25, 0.3) is 0 Å². The van der Waals surface area contributed by atoms with Gasteiger partial charge in [0.2, 0.25) is 0 Å². The third-order valence-corrected chi connectivity index (χ3v) is 2.32. The van der Waals surface area contributed by atoms with E-state index in [0.717, 1.165) is 12.1 Å². The van der Waals surface area contributed by atoms with Crippen LogP contribution < -0.4 is 4.74 Å². The van der Waals surface area contributed by atoms with Gasteiger partial charge in [-0.1, -0.05) is 6.07 Å². The van der Waals surface area contributed by atoms with E-state index in [1.807, 2.05) is 0 Å². The predicted octanol–water partition coefficient (Wildman–Crippen LogP) is 2.14. The standard InChI is InChI=1S/C12H13F3O4/c1-18-11(17)4-5-19-10-3-2-8(7-16)6-9(10)12(13,14)15/h2-3,6,16H,4-5,7H2,1H3. The van der Waals surface area contributed by atoms with E-state index >= 15 is 0 Å². The summed E-state index contributed by atoms with van der Waals surface area (Å²) in [6.45, 7) is -0.709. The zero-order valence-electron chi connectivity index (χ0n) is 10.2. The van der Waals surface area contributed by atoms with Crippen LogP contribution in [-0.2, 0) is 22.3 Å². The minimum Gasteiger partial charge on any atom is -0.492 e. The lowest BCUT2D eigenvalue weighted by atomic mass is 10.1. The number of methoxy groups -OCH3 is 1. The van der Waals surface area contributed by atoms with Gasteiger partial charge < -0.3 is 14.6 Å². The van der Waals surface area contributed by atoms with Crippen LogP contribution in [-0.4, -0.2) is 24.8 Å². The number of aliphatic hydroxyl groups excluding tert-OH is 1. The van der Waals surface area contributed by atoms with Gasteiger partial charge in [0.15, 0.2) is 0 Å². The highest BCUT2D eigenvalue weighted by molar-refractivity contribution is 5.69. The molecule has 0 fully saturated rings. The van der Waals surface area contributed by atoms with Crippen molar-refractivity contribution in [3.63, 3.8) is 0 Å². The first-order valence-corrected chi connectivity index (χ1v) is 5.39. The number of halogens is 3. The Morgan fingerprint density at radius 3 is 2.58 bits per heavy atom. The van der Waals surface area contributed by atoms with Crippen molar-refractivity contribution in [2.45, 2.75) is 19.2 Å². The SMILES string of the molecule is COC(=O)CCOc1ccc(CO)cc1C(F)(F)F. The molecule has 1 N–H and O–H groups in total. The van der Waals surface area contributed by atoms with Crippen molar-refractivity contribution in [3.05, 3.63) is 29.3 Å². The zero-order chi connectivity index (χ0) is 14.5. The molecular weight excluding hydrogens is 265 g/mol. The first-order valence-electron chi connectivity index (χ1n) is 5.39. The fourth-order valence-electron chi connectivity index (χ4n) is 1.37. The fourth-order valence-corrected chi connectivity index (χ4v) is 1.37. The van der Waals surface area contributed by atoms with Gasteiger partial charge in [0, 0.05) is 0 Å². The number of rotatable bonds is 5. The molecule has 106 valence electrons. The summed E-state index contributed by atoms with van der Waals surface area (Å²) in [7, 11) is 1.18. The summed E-state index contributed by atoms with van der Waals surface area (Å²) in [5.74, 6) is -0.950. The summed E-state index contributed by atoms with van der Waals surface area (Å²) < 4.78 is 47.6. The molecule has 0 aliphatic rings. The number of ether oxygens (including phenoxy) is 2. The Hall–Kier alpha value is -1.76. The van der Waals surface area contributed by atoms with Crippen molar-refractivity contribution in [1.29, 1.82) is 0 Å². The molecule has 0 aliphatic carbocycles. The average molecular weight is 278 g/mol. The highest BCUT2D eigenvalue weighted by Gasteiger charge is 2.34. The summed E-state index contributed by atoms with van der Waals surface area (Å²) in [4.78, 5) is 10.8. The number of hydrogen-bond donors (Lipinski definition) is 1. The highest BCUT2D eigenvalue weighted by atomic mass is 19.4. The van der Waals surface area contributed by atoms with Crippen LogP contribution in [0.25, 0.3) is 0 Å². The number of carbonyl (C=O) groups excluding carboxylic acids is 1. The van der Waals surface area contributed by atoms with Crippen LogP contribution in [0.1, 0.15) is 17.5 Å². The summed E-state index contributed by atoms with van der Waals surface area (Å²) in [6, 6.07) is 3.25. The Morgan fingerprint density at radius 1 is 1.37 bits per heavy atom. The first kappa shape index (κ1) is 15.3. The molecule has 0 radical (unpaired) electrons. The molecule has 0 aromatic heterocycles. The molecule has 1 aromatic carbocycles. The molecule has 0 aliphatic heterocycles. The van der Waals surface area contributed by atoms with Gasteiger partial charge in [-0.25, -0.2) is 0 Å². The third kappa shape index (κ3) is 4.44. The van der Waals surface area contributed by atoms with Crippen molar-refractivity contribution in [3.8, 4) is 5.75 Å². The van der Waals surface area contributed by atoms with Crippen molar-refractivity contribution in [2.75, 3.05) is 13.7 Å². The van der Waals surface area contributed by atoms with Crippen LogP contribution >= 0.6 is 0 Å². The van der Waals surface area contributed by atoms with E-state index in [1.165, 1.54) is 13.2 Å². The lowest BCUT2D eigenvalue weighted by Crippen LogP contribution is -2.12. The van der Waals surface area contributed by atoms with E-state index in [0.29, 0.717) is 0 Å². The number of benzene rings is 1.